The first-order chi connectivity index (χ1) is 7.25. The minimum absolute atomic E-state index is 0.0573. The van der Waals surface area contributed by atoms with E-state index >= 15 is 0 Å². The number of halogens is 3. The number of carbonyl (C=O) groups is 1. The van der Waals surface area contributed by atoms with E-state index < -0.39 is 17.6 Å². The smallest absolute Gasteiger partial charge is 0.415 e. The number of hydrogen-bond acceptors (Lipinski definition) is 3. The Labute approximate surface area is 89.6 Å². The summed E-state index contributed by atoms with van der Waals surface area (Å²) >= 11 is 0. The van der Waals surface area contributed by atoms with E-state index in [9.17, 15) is 18.0 Å². The number of carbonyl (C=O) groups excluding carboxylic acids is 1. The van der Waals surface area contributed by atoms with Crippen molar-refractivity contribution in [2.24, 2.45) is 5.73 Å². The van der Waals surface area contributed by atoms with E-state index in [1.165, 1.54) is 18.6 Å². The molecular weight excluding hydrogens is 225 g/mol. The molecule has 0 radical (unpaired) electrons. The normalized spacial score (nSPS) is 15.6. The molecule has 1 unspecified atom stereocenters. The first kappa shape index (κ1) is 12.6. The zero-order chi connectivity index (χ0) is 12.4. The molecule has 0 aliphatic rings. The van der Waals surface area contributed by atoms with Gasteiger partial charge in [0.1, 0.15) is 0 Å². The molecule has 7 heteroatoms. The monoisotopic (exact) mass is 236 g/mol. The van der Waals surface area contributed by atoms with Crippen molar-refractivity contribution >= 4 is 5.91 Å². The summed E-state index contributed by atoms with van der Waals surface area (Å²) in [6, 6.07) is 1.53. The van der Waals surface area contributed by atoms with Crippen LogP contribution in [0.2, 0.25) is 0 Å². The molecule has 0 saturated carbocycles. The van der Waals surface area contributed by atoms with Gasteiger partial charge in [0.05, 0.1) is 12.5 Å². The highest BCUT2D eigenvalue weighted by Gasteiger charge is 2.53. The van der Waals surface area contributed by atoms with Crippen molar-refractivity contribution < 1.29 is 22.4 Å². The average Bonchev–Trinajstić information content (AvgIpc) is 2.64. The second kappa shape index (κ2) is 4.17. The van der Waals surface area contributed by atoms with Crippen LogP contribution >= 0.6 is 0 Å². The predicted octanol–water partition coefficient (Wildman–Crippen LogP) is 1.18. The third-order valence-electron chi connectivity index (χ3n) is 2.09. The molecule has 0 aromatic carbocycles. The largest absolute Gasteiger partial charge is 0.472 e. The van der Waals surface area contributed by atoms with E-state index in [0.717, 1.165) is 0 Å². The van der Waals surface area contributed by atoms with Gasteiger partial charge in [-0.25, -0.2) is 0 Å². The van der Waals surface area contributed by atoms with E-state index in [2.05, 4.69) is 5.32 Å². The fourth-order valence-corrected chi connectivity index (χ4v) is 0.888. The van der Waals surface area contributed by atoms with Crippen molar-refractivity contribution in [3.8, 4) is 0 Å². The number of nitrogens with one attached hydrogen (secondary N) is 1. The lowest BCUT2D eigenvalue weighted by Crippen LogP contribution is -2.61. The molecule has 0 aliphatic carbocycles. The predicted molar refractivity (Wildman–Crippen MR) is 49.2 cm³/mol. The number of alkyl halides is 3. The summed E-state index contributed by atoms with van der Waals surface area (Å²) in [6.07, 6.45) is -2.11. The van der Waals surface area contributed by atoms with Crippen molar-refractivity contribution in [3.05, 3.63) is 24.2 Å². The van der Waals surface area contributed by atoms with Crippen molar-refractivity contribution in [1.82, 2.24) is 5.32 Å². The fraction of sp³-hybridized carbons (Fsp3) is 0.444. The van der Waals surface area contributed by atoms with Gasteiger partial charge in [0, 0.05) is 12.1 Å². The summed E-state index contributed by atoms with van der Waals surface area (Å²) in [5.41, 5.74) is 2.59. The van der Waals surface area contributed by atoms with E-state index in [-0.39, 0.29) is 6.54 Å². The Balaban J connectivity index is 2.59. The SMILES string of the molecule is CC(N)(C(=O)NCc1ccoc1)C(F)(F)F. The lowest BCUT2D eigenvalue weighted by atomic mass is 10.0. The molecule has 16 heavy (non-hydrogen) atoms. The Morgan fingerprint density at radius 3 is 2.62 bits per heavy atom. The van der Waals surface area contributed by atoms with E-state index in [1.807, 2.05) is 0 Å². The van der Waals surface area contributed by atoms with Crippen molar-refractivity contribution in [3.63, 3.8) is 0 Å². The second-order valence-electron chi connectivity index (χ2n) is 3.51. The molecule has 1 amide bonds. The molecule has 0 saturated heterocycles. The van der Waals surface area contributed by atoms with Crippen LogP contribution in [0, 0.1) is 0 Å². The zero-order valence-corrected chi connectivity index (χ0v) is 8.47. The van der Waals surface area contributed by atoms with E-state index in [4.69, 9.17) is 10.2 Å². The molecule has 0 spiro atoms. The van der Waals surface area contributed by atoms with Crippen LogP contribution in [-0.2, 0) is 11.3 Å². The summed E-state index contributed by atoms with van der Waals surface area (Å²) in [5.74, 6) is -1.28. The summed E-state index contributed by atoms with van der Waals surface area (Å²) in [6.45, 7) is 0.565. The zero-order valence-electron chi connectivity index (χ0n) is 8.47. The lowest BCUT2D eigenvalue weighted by Gasteiger charge is -2.25. The van der Waals surface area contributed by atoms with Crippen molar-refractivity contribution in [2.45, 2.75) is 25.2 Å². The Bertz CT molecular complexity index is 357. The van der Waals surface area contributed by atoms with Gasteiger partial charge in [0.2, 0.25) is 5.91 Å². The first-order valence-corrected chi connectivity index (χ1v) is 4.40. The van der Waals surface area contributed by atoms with Gasteiger partial charge in [-0.3, -0.25) is 4.79 Å². The maximum absolute atomic E-state index is 12.3. The lowest BCUT2D eigenvalue weighted by molar-refractivity contribution is -0.187. The Morgan fingerprint density at radius 1 is 1.56 bits per heavy atom. The van der Waals surface area contributed by atoms with Crippen LogP contribution in [0.5, 0.6) is 0 Å². The number of nitrogens with two attached hydrogens (primary N) is 1. The van der Waals surface area contributed by atoms with Gasteiger partial charge in [-0.15, -0.1) is 0 Å². The third-order valence-corrected chi connectivity index (χ3v) is 2.09. The molecule has 90 valence electrons. The third kappa shape index (κ3) is 2.54. The van der Waals surface area contributed by atoms with Crippen LogP contribution in [0.4, 0.5) is 13.2 Å². The summed E-state index contributed by atoms with van der Waals surface area (Å²) in [7, 11) is 0. The highest BCUT2D eigenvalue weighted by molar-refractivity contribution is 5.86. The standard InChI is InChI=1S/C9H11F3N2O2/c1-8(13,9(10,11)12)7(15)14-4-6-2-3-16-5-6/h2-3,5H,4,13H2,1H3,(H,14,15). The topological polar surface area (TPSA) is 68.3 Å². The number of hydrogen-bond donors (Lipinski definition) is 2. The van der Waals surface area contributed by atoms with Crippen LogP contribution in [-0.4, -0.2) is 17.6 Å². The number of rotatable bonds is 3. The average molecular weight is 236 g/mol. The fourth-order valence-electron chi connectivity index (χ4n) is 0.888. The molecule has 1 aromatic rings. The quantitative estimate of drug-likeness (QED) is 0.827. The van der Waals surface area contributed by atoms with E-state index in [0.29, 0.717) is 12.5 Å². The number of furan rings is 1. The second-order valence-corrected chi connectivity index (χ2v) is 3.51. The maximum Gasteiger partial charge on any atom is 0.415 e. The molecular formula is C9H11F3N2O2. The van der Waals surface area contributed by atoms with Gasteiger partial charge in [-0.2, -0.15) is 13.2 Å². The van der Waals surface area contributed by atoms with Gasteiger partial charge in [0.25, 0.3) is 0 Å². The Morgan fingerprint density at radius 2 is 2.19 bits per heavy atom. The molecule has 1 heterocycles. The highest BCUT2D eigenvalue weighted by atomic mass is 19.4. The van der Waals surface area contributed by atoms with Gasteiger partial charge < -0.3 is 15.5 Å². The maximum atomic E-state index is 12.3. The van der Waals surface area contributed by atoms with Crippen LogP contribution in [0.3, 0.4) is 0 Å². The van der Waals surface area contributed by atoms with Crippen LogP contribution in [0.1, 0.15) is 12.5 Å². The van der Waals surface area contributed by atoms with Gasteiger partial charge in [-0.05, 0) is 13.0 Å². The molecule has 3 N–H and O–H groups in total. The Kier molecular flexibility index (Phi) is 3.27. The summed E-state index contributed by atoms with van der Waals surface area (Å²) in [5, 5.41) is 2.09. The molecule has 1 aromatic heterocycles. The molecule has 1 rings (SSSR count). The summed E-state index contributed by atoms with van der Waals surface area (Å²) < 4.78 is 41.7. The van der Waals surface area contributed by atoms with Gasteiger partial charge >= 0.3 is 6.18 Å². The van der Waals surface area contributed by atoms with E-state index in [1.54, 1.807) is 0 Å². The molecule has 0 bridgehead atoms. The molecule has 0 fully saturated rings. The van der Waals surface area contributed by atoms with Gasteiger partial charge in [0.15, 0.2) is 5.54 Å². The summed E-state index contributed by atoms with van der Waals surface area (Å²) in [4.78, 5) is 11.2. The number of amides is 1. The van der Waals surface area contributed by atoms with Gasteiger partial charge in [-0.1, -0.05) is 0 Å². The Hall–Kier alpha value is -1.50. The molecule has 0 aliphatic heterocycles. The minimum Gasteiger partial charge on any atom is -0.472 e. The van der Waals surface area contributed by atoms with Crippen molar-refractivity contribution in [1.29, 1.82) is 0 Å². The van der Waals surface area contributed by atoms with Crippen molar-refractivity contribution in [2.75, 3.05) is 0 Å². The highest BCUT2D eigenvalue weighted by Crippen LogP contribution is 2.27. The van der Waals surface area contributed by atoms with Crippen LogP contribution in [0.15, 0.2) is 23.0 Å². The molecule has 1 atom stereocenters. The van der Waals surface area contributed by atoms with Crippen LogP contribution in [0.25, 0.3) is 0 Å². The van der Waals surface area contributed by atoms with Crippen LogP contribution < -0.4 is 11.1 Å². The molecule has 4 nitrogen and oxygen atoms in total. The first-order valence-electron chi connectivity index (χ1n) is 4.40. The minimum atomic E-state index is -4.78.